The van der Waals surface area contributed by atoms with Gasteiger partial charge in [0.2, 0.25) is 0 Å². The van der Waals surface area contributed by atoms with Gasteiger partial charge in [0.1, 0.15) is 17.2 Å². The first-order chi connectivity index (χ1) is 9.11. The van der Waals surface area contributed by atoms with Gasteiger partial charge in [-0.3, -0.25) is 0 Å². The number of anilines is 1. The molecule has 0 amide bonds. The maximum Gasteiger partial charge on any atom is 0.341 e. The van der Waals surface area contributed by atoms with Crippen molar-refractivity contribution in [3.63, 3.8) is 0 Å². The fourth-order valence-electron chi connectivity index (χ4n) is 2.40. The molecule has 0 aliphatic carbocycles. The molecule has 0 spiro atoms. The van der Waals surface area contributed by atoms with Gasteiger partial charge in [0, 0.05) is 33.0 Å². The Hall–Kier alpha value is -1.69. The zero-order chi connectivity index (χ0) is 13.8. The van der Waals surface area contributed by atoms with Gasteiger partial charge in [-0.1, -0.05) is 0 Å². The van der Waals surface area contributed by atoms with Gasteiger partial charge in [0.25, 0.3) is 0 Å². The van der Waals surface area contributed by atoms with Crippen LogP contribution < -0.4 is 4.90 Å². The Morgan fingerprint density at radius 3 is 2.79 bits per heavy atom. The molecule has 0 atom stereocenters. The van der Waals surface area contributed by atoms with E-state index in [9.17, 15) is 9.90 Å². The normalized spacial score (nSPS) is 16.6. The molecule has 0 aromatic carbocycles. The topological polar surface area (TPSA) is 75.5 Å². The lowest BCUT2D eigenvalue weighted by atomic mass is 9.97. The zero-order valence-corrected chi connectivity index (χ0v) is 11.3. The van der Waals surface area contributed by atoms with E-state index in [1.54, 1.807) is 14.0 Å². The summed E-state index contributed by atoms with van der Waals surface area (Å²) in [5.41, 5.74) is 0.177. The smallest absolute Gasteiger partial charge is 0.341 e. The van der Waals surface area contributed by atoms with Crippen LogP contribution in [0.25, 0.3) is 0 Å². The molecule has 1 N–H and O–H groups in total. The molecular formula is C13H19N3O3. The molecule has 0 unspecified atom stereocenters. The molecule has 104 valence electrons. The molecule has 1 saturated heterocycles. The van der Waals surface area contributed by atoms with E-state index in [0.29, 0.717) is 17.6 Å². The largest absolute Gasteiger partial charge is 0.477 e. The van der Waals surface area contributed by atoms with Gasteiger partial charge in [0.15, 0.2) is 0 Å². The highest BCUT2D eigenvalue weighted by Gasteiger charge is 2.24. The lowest BCUT2D eigenvalue weighted by Gasteiger charge is -2.33. The Morgan fingerprint density at radius 2 is 2.21 bits per heavy atom. The fourth-order valence-corrected chi connectivity index (χ4v) is 2.40. The van der Waals surface area contributed by atoms with E-state index in [4.69, 9.17) is 4.74 Å². The van der Waals surface area contributed by atoms with Crippen LogP contribution >= 0.6 is 0 Å². The third-order valence-corrected chi connectivity index (χ3v) is 3.44. The number of ether oxygens (including phenoxy) is 1. The molecule has 0 saturated carbocycles. The molecule has 1 aliphatic heterocycles. The van der Waals surface area contributed by atoms with E-state index in [0.717, 1.165) is 32.5 Å². The molecule has 1 aliphatic rings. The van der Waals surface area contributed by atoms with Crippen molar-refractivity contribution in [3.8, 4) is 0 Å². The highest BCUT2D eigenvalue weighted by atomic mass is 16.5. The number of hydrogen-bond acceptors (Lipinski definition) is 5. The monoisotopic (exact) mass is 265 g/mol. The number of aryl methyl sites for hydroxylation is 1. The van der Waals surface area contributed by atoms with E-state index in [-0.39, 0.29) is 5.56 Å². The lowest BCUT2D eigenvalue weighted by Crippen LogP contribution is -2.36. The molecule has 2 rings (SSSR count). The first-order valence-corrected chi connectivity index (χ1v) is 6.42. The van der Waals surface area contributed by atoms with Crippen molar-refractivity contribution < 1.29 is 14.6 Å². The maximum absolute atomic E-state index is 11.2. The zero-order valence-electron chi connectivity index (χ0n) is 11.3. The molecule has 1 fully saturated rings. The Labute approximate surface area is 112 Å². The van der Waals surface area contributed by atoms with E-state index >= 15 is 0 Å². The summed E-state index contributed by atoms with van der Waals surface area (Å²) in [5, 5.41) is 9.20. The van der Waals surface area contributed by atoms with Gasteiger partial charge in [-0.2, -0.15) is 0 Å². The number of methoxy groups -OCH3 is 1. The number of aromatic nitrogens is 2. The number of hydrogen-bond donors (Lipinski definition) is 1. The lowest BCUT2D eigenvalue weighted by molar-refractivity contribution is 0.0696. The van der Waals surface area contributed by atoms with Gasteiger partial charge in [0.05, 0.1) is 0 Å². The van der Waals surface area contributed by atoms with Crippen molar-refractivity contribution in [1.82, 2.24) is 9.97 Å². The maximum atomic E-state index is 11.2. The van der Waals surface area contributed by atoms with Gasteiger partial charge in [-0.25, -0.2) is 14.8 Å². The van der Waals surface area contributed by atoms with Crippen LogP contribution in [0, 0.1) is 12.8 Å². The van der Waals surface area contributed by atoms with Crippen molar-refractivity contribution in [2.45, 2.75) is 19.8 Å². The minimum absolute atomic E-state index is 0.177. The minimum atomic E-state index is -0.978. The molecule has 6 nitrogen and oxygen atoms in total. The van der Waals surface area contributed by atoms with Crippen LogP contribution in [0.1, 0.15) is 29.0 Å². The predicted octanol–water partition coefficient (Wildman–Crippen LogP) is 1.35. The van der Waals surface area contributed by atoms with Crippen molar-refractivity contribution in [1.29, 1.82) is 0 Å². The second kappa shape index (κ2) is 5.97. The molecule has 0 bridgehead atoms. The molecule has 19 heavy (non-hydrogen) atoms. The van der Waals surface area contributed by atoms with Crippen LogP contribution in [0.15, 0.2) is 6.20 Å². The van der Waals surface area contributed by atoms with Crippen molar-refractivity contribution in [2.24, 2.45) is 5.92 Å². The number of carboxylic acid groups (broad SMARTS) is 1. The van der Waals surface area contributed by atoms with Gasteiger partial charge in [-0.15, -0.1) is 0 Å². The number of rotatable bonds is 4. The molecule has 0 radical (unpaired) electrons. The second-order valence-corrected chi connectivity index (χ2v) is 4.85. The van der Waals surface area contributed by atoms with Gasteiger partial charge in [-0.05, 0) is 25.7 Å². The second-order valence-electron chi connectivity index (χ2n) is 4.85. The summed E-state index contributed by atoms with van der Waals surface area (Å²) in [6, 6.07) is 0. The number of carboxylic acids is 1. The summed E-state index contributed by atoms with van der Waals surface area (Å²) in [6.45, 7) is 4.16. The first-order valence-electron chi connectivity index (χ1n) is 6.42. The quantitative estimate of drug-likeness (QED) is 0.885. The molecule has 1 aromatic rings. The van der Waals surface area contributed by atoms with E-state index < -0.39 is 5.97 Å². The standard InChI is InChI=1S/C13H19N3O3/c1-9-14-7-11(13(17)18)12(15-9)16-5-3-10(4-6-16)8-19-2/h7,10H,3-6,8H2,1-2H3,(H,17,18). The molecule has 6 heteroatoms. The molecular weight excluding hydrogens is 246 g/mol. The minimum Gasteiger partial charge on any atom is -0.477 e. The van der Waals surface area contributed by atoms with E-state index in [1.165, 1.54) is 6.20 Å². The van der Waals surface area contributed by atoms with Gasteiger partial charge < -0.3 is 14.7 Å². The number of piperidine rings is 1. The van der Waals surface area contributed by atoms with E-state index in [2.05, 4.69) is 9.97 Å². The Bertz CT molecular complexity index is 456. The van der Waals surface area contributed by atoms with Crippen molar-refractivity contribution >= 4 is 11.8 Å². The average Bonchev–Trinajstić information content (AvgIpc) is 2.39. The van der Waals surface area contributed by atoms with Crippen LogP contribution in [0.5, 0.6) is 0 Å². The summed E-state index contributed by atoms with van der Waals surface area (Å²) in [4.78, 5) is 21.5. The van der Waals surface area contributed by atoms with E-state index in [1.807, 2.05) is 4.90 Å². The fraction of sp³-hybridized carbons (Fsp3) is 0.615. The SMILES string of the molecule is COCC1CCN(c2nc(C)ncc2C(=O)O)CC1. The van der Waals surface area contributed by atoms with Crippen LogP contribution in [-0.4, -0.2) is 47.8 Å². The number of nitrogens with zero attached hydrogens (tertiary/aromatic N) is 3. The highest BCUT2D eigenvalue weighted by Crippen LogP contribution is 2.24. The average molecular weight is 265 g/mol. The Morgan fingerprint density at radius 1 is 1.53 bits per heavy atom. The summed E-state index contributed by atoms with van der Waals surface area (Å²) >= 11 is 0. The van der Waals surface area contributed by atoms with Gasteiger partial charge >= 0.3 is 5.97 Å². The van der Waals surface area contributed by atoms with Crippen molar-refractivity contribution in [2.75, 3.05) is 31.7 Å². The molecule has 2 heterocycles. The third-order valence-electron chi connectivity index (χ3n) is 3.44. The van der Waals surface area contributed by atoms with Crippen LogP contribution in [0.4, 0.5) is 5.82 Å². The first kappa shape index (κ1) is 13.7. The Balaban J connectivity index is 2.14. The number of carbonyl (C=O) groups is 1. The Kier molecular flexibility index (Phi) is 4.31. The molecule has 1 aromatic heterocycles. The third kappa shape index (κ3) is 3.20. The number of aromatic carboxylic acids is 1. The summed E-state index contributed by atoms with van der Waals surface area (Å²) < 4.78 is 5.17. The van der Waals surface area contributed by atoms with Crippen molar-refractivity contribution in [3.05, 3.63) is 17.6 Å². The summed E-state index contributed by atoms with van der Waals surface area (Å²) in [6.07, 6.45) is 3.38. The predicted molar refractivity (Wildman–Crippen MR) is 70.5 cm³/mol. The van der Waals surface area contributed by atoms with Crippen LogP contribution in [0.3, 0.4) is 0 Å². The highest BCUT2D eigenvalue weighted by molar-refractivity contribution is 5.92. The van der Waals surface area contributed by atoms with Crippen LogP contribution in [0.2, 0.25) is 0 Å². The summed E-state index contributed by atoms with van der Waals surface area (Å²) in [5.74, 6) is 0.710. The summed E-state index contributed by atoms with van der Waals surface area (Å²) in [7, 11) is 1.71. The van der Waals surface area contributed by atoms with Crippen LogP contribution in [-0.2, 0) is 4.74 Å².